The zero-order valence-electron chi connectivity index (χ0n) is 22.9. The molecular weight excluding hydrogens is 534 g/mol. The number of hydrogen-bond donors (Lipinski definition) is 1. The maximum absolute atomic E-state index is 13.0. The Bertz CT molecular complexity index is 1280. The van der Waals surface area contributed by atoms with E-state index >= 15 is 0 Å². The number of hydrogen-bond acceptors (Lipinski definition) is 7. The van der Waals surface area contributed by atoms with Crippen LogP contribution in [0.4, 0.5) is 10.5 Å². The summed E-state index contributed by atoms with van der Waals surface area (Å²) in [6, 6.07) is 19.9. The molecule has 3 aromatic rings. The largest absolute Gasteiger partial charge is 0.497 e. The first-order chi connectivity index (χ1) is 19.4. The third kappa shape index (κ3) is 7.65. The van der Waals surface area contributed by atoms with Gasteiger partial charge in [0.05, 0.1) is 45.3 Å². The van der Waals surface area contributed by atoms with E-state index in [4.69, 9.17) is 30.5 Å². The zero-order chi connectivity index (χ0) is 28.5. The van der Waals surface area contributed by atoms with Crippen LogP contribution in [0.3, 0.4) is 0 Å². The minimum atomic E-state index is -0.373. The summed E-state index contributed by atoms with van der Waals surface area (Å²) in [6.07, 6.45) is -0.209. The van der Waals surface area contributed by atoms with Crippen LogP contribution in [-0.2, 0) is 16.1 Å². The highest BCUT2D eigenvalue weighted by molar-refractivity contribution is 6.30. The first-order valence-corrected chi connectivity index (χ1v) is 13.3. The molecule has 2 amide bonds. The molecule has 1 heterocycles. The Balaban J connectivity index is 1.36. The van der Waals surface area contributed by atoms with Crippen molar-refractivity contribution in [1.82, 2.24) is 9.80 Å². The SMILES string of the molecule is COC(=O)c1ccc(COC(CN2CCN(C(=O)Nc3cc(OC)ccc3OC)CC2)c2ccc(Cl)cc2)cc1. The second-order valence-corrected chi connectivity index (χ2v) is 9.76. The average molecular weight is 568 g/mol. The van der Waals surface area contributed by atoms with Gasteiger partial charge >= 0.3 is 12.0 Å². The molecule has 1 aliphatic rings. The number of piperazine rings is 1. The minimum Gasteiger partial charge on any atom is -0.497 e. The molecule has 4 rings (SSSR count). The Kier molecular flexibility index (Phi) is 10.2. The highest BCUT2D eigenvalue weighted by Gasteiger charge is 2.25. The second kappa shape index (κ2) is 14.0. The zero-order valence-corrected chi connectivity index (χ0v) is 23.6. The molecule has 1 atom stereocenters. The smallest absolute Gasteiger partial charge is 0.337 e. The van der Waals surface area contributed by atoms with Gasteiger partial charge in [-0.2, -0.15) is 0 Å². The molecule has 0 spiro atoms. The van der Waals surface area contributed by atoms with E-state index in [0.29, 0.717) is 67.1 Å². The lowest BCUT2D eigenvalue weighted by molar-refractivity contribution is 0.00592. The van der Waals surface area contributed by atoms with E-state index in [1.54, 1.807) is 49.5 Å². The standard InChI is InChI=1S/C30H34ClN3O6/c1-37-25-12-13-27(38-2)26(18-25)32-30(36)34-16-14-33(15-17-34)19-28(22-8-10-24(31)11-9-22)40-20-21-4-6-23(7-5-21)29(35)39-3/h4-13,18,28H,14-17,19-20H2,1-3H3,(H,32,36). The molecule has 0 radical (unpaired) electrons. The molecule has 0 saturated carbocycles. The van der Waals surface area contributed by atoms with Gasteiger partial charge in [0.1, 0.15) is 11.5 Å². The Hall–Kier alpha value is -3.79. The Labute approximate surface area is 239 Å². The predicted octanol–water partition coefficient (Wildman–Crippen LogP) is 5.25. The molecule has 1 unspecified atom stereocenters. The number of nitrogens with zero attached hydrogens (tertiary/aromatic N) is 2. The van der Waals surface area contributed by atoms with E-state index in [2.05, 4.69) is 10.2 Å². The highest BCUT2D eigenvalue weighted by Crippen LogP contribution is 2.29. The van der Waals surface area contributed by atoms with Crippen molar-refractivity contribution in [3.05, 3.63) is 88.4 Å². The third-order valence-electron chi connectivity index (χ3n) is 6.80. The summed E-state index contributed by atoms with van der Waals surface area (Å²) >= 11 is 6.13. The summed E-state index contributed by atoms with van der Waals surface area (Å²) in [4.78, 5) is 28.8. The monoisotopic (exact) mass is 567 g/mol. The molecule has 0 aromatic heterocycles. The molecule has 1 N–H and O–H groups in total. The highest BCUT2D eigenvalue weighted by atomic mass is 35.5. The van der Waals surface area contributed by atoms with Gasteiger partial charge in [-0.3, -0.25) is 4.90 Å². The summed E-state index contributed by atoms with van der Waals surface area (Å²) in [5, 5.41) is 3.60. The number of esters is 1. The number of carbonyl (C=O) groups excluding carboxylic acids is 2. The summed E-state index contributed by atoms with van der Waals surface area (Å²) in [6.45, 7) is 3.56. The lowest BCUT2D eigenvalue weighted by Crippen LogP contribution is -2.50. The number of methoxy groups -OCH3 is 3. The van der Waals surface area contributed by atoms with Gasteiger partial charge in [-0.05, 0) is 47.5 Å². The fourth-order valence-corrected chi connectivity index (χ4v) is 4.58. The maximum atomic E-state index is 13.0. The van der Waals surface area contributed by atoms with Crippen LogP contribution in [0, 0.1) is 0 Å². The van der Waals surface area contributed by atoms with Crippen LogP contribution >= 0.6 is 11.6 Å². The molecule has 10 heteroatoms. The van der Waals surface area contributed by atoms with Crippen molar-refractivity contribution in [3.8, 4) is 11.5 Å². The van der Waals surface area contributed by atoms with E-state index in [1.165, 1.54) is 7.11 Å². The van der Waals surface area contributed by atoms with E-state index in [0.717, 1.165) is 11.1 Å². The van der Waals surface area contributed by atoms with Crippen molar-refractivity contribution in [1.29, 1.82) is 0 Å². The quantitative estimate of drug-likeness (QED) is 0.335. The number of carbonyl (C=O) groups is 2. The van der Waals surface area contributed by atoms with E-state index in [-0.39, 0.29) is 18.1 Å². The fraction of sp³-hybridized carbons (Fsp3) is 0.333. The number of rotatable bonds is 10. The van der Waals surface area contributed by atoms with Gasteiger partial charge in [0.25, 0.3) is 0 Å². The van der Waals surface area contributed by atoms with Crippen LogP contribution in [0.5, 0.6) is 11.5 Å². The van der Waals surface area contributed by atoms with Crippen LogP contribution < -0.4 is 14.8 Å². The first-order valence-electron chi connectivity index (χ1n) is 12.9. The topological polar surface area (TPSA) is 89.6 Å². The second-order valence-electron chi connectivity index (χ2n) is 9.32. The molecule has 212 valence electrons. The number of amides is 2. The normalized spacial score (nSPS) is 14.3. The van der Waals surface area contributed by atoms with Crippen LogP contribution in [0.2, 0.25) is 5.02 Å². The van der Waals surface area contributed by atoms with Gasteiger partial charge in [-0.25, -0.2) is 9.59 Å². The maximum Gasteiger partial charge on any atom is 0.337 e. The molecule has 1 saturated heterocycles. The number of ether oxygens (including phenoxy) is 4. The predicted molar refractivity (Wildman–Crippen MR) is 153 cm³/mol. The number of anilines is 1. The van der Waals surface area contributed by atoms with Crippen molar-refractivity contribution < 1.29 is 28.5 Å². The van der Waals surface area contributed by atoms with Crippen LogP contribution in [0.1, 0.15) is 27.6 Å². The minimum absolute atomic E-state index is 0.188. The Morgan fingerprint density at radius 1 is 0.900 bits per heavy atom. The molecule has 3 aromatic carbocycles. The summed E-state index contributed by atoms with van der Waals surface area (Å²) in [7, 11) is 4.50. The Morgan fingerprint density at radius 3 is 2.23 bits per heavy atom. The number of urea groups is 1. The number of nitrogens with one attached hydrogen (secondary N) is 1. The summed E-state index contributed by atoms with van der Waals surface area (Å²) in [5.41, 5.74) is 3.01. The van der Waals surface area contributed by atoms with Gasteiger partial charge < -0.3 is 29.2 Å². The Morgan fingerprint density at radius 2 is 1.60 bits per heavy atom. The van der Waals surface area contributed by atoms with Gasteiger partial charge in [-0.1, -0.05) is 35.9 Å². The van der Waals surface area contributed by atoms with Gasteiger partial charge in [0, 0.05) is 43.8 Å². The first kappa shape index (κ1) is 29.2. The van der Waals surface area contributed by atoms with Crippen molar-refractivity contribution in [2.75, 3.05) is 59.4 Å². The molecule has 9 nitrogen and oxygen atoms in total. The molecule has 1 fully saturated rings. The van der Waals surface area contributed by atoms with E-state index in [1.807, 2.05) is 36.4 Å². The van der Waals surface area contributed by atoms with E-state index in [9.17, 15) is 9.59 Å². The van der Waals surface area contributed by atoms with Crippen LogP contribution in [0.25, 0.3) is 0 Å². The van der Waals surface area contributed by atoms with Gasteiger partial charge in [0.15, 0.2) is 0 Å². The van der Waals surface area contributed by atoms with E-state index < -0.39 is 0 Å². The van der Waals surface area contributed by atoms with Crippen molar-refractivity contribution in [3.63, 3.8) is 0 Å². The number of halogens is 1. The molecule has 0 bridgehead atoms. The summed E-state index contributed by atoms with van der Waals surface area (Å²) in [5.74, 6) is 0.825. The fourth-order valence-electron chi connectivity index (χ4n) is 4.46. The van der Waals surface area contributed by atoms with Gasteiger partial charge in [-0.15, -0.1) is 0 Å². The lowest BCUT2D eigenvalue weighted by Gasteiger charge is -2.36. The molecule has 0 aliphatic carbocycles. The lowest BCUT2D eigenvalue weighted by atomic mass is 10.1. The van der Waals surface area contributed by atoms with Gasteiger partial charge in [0.2, 0.25) is 0 Å². The summed E-state index contributed by atoms with van der Waals surface area (Å²) < 4.78 is 21.8. The molecule has 40 heavy (non-hydrogen) atoms. The average Bonchev–Trinajstić information content (AvgIpc) is 2.99. The van der Waals surface area contributed by atoms with Crippen LogP contribution in [-0.4, -0.2) is 75.9 Å². The molecule has 1 aliphatic heterocycles. The third-order valence-corrected chi connectivity index (χ3v) is 7.05. The molecular formula is C30H34ClN3O6. The van der Waals surface area contributed by atoms with Crippen molar-refractivity contribution in [2.45, 2.75) is 12.7 Å². The van der Waals surface area contributed by atoms with Crippen molar-refractivity contribution in [2.24, 2.45) is 0 Å². The van der Waals surface area contributed by atoms with Crippen molar-refractivity contribution >= 4 is 29.3 Å². The van der Waals surface area contributed by atoms with Crippen LogP contribution in [0.15, 0.2) is 66.7 Å². The number of benzene rings is 3.